The summed E-state index contributed by atoms with van der Waals surface area (Å²) in [4.78, 5) is 14.2. The number of unbranched alkanes of at least 4 members (excludes halogenated alkanes) is 1. The monoisotopic (exact) mass is 491 g/mol. The minimum Gasteiger partial charge on any atom is -0.463 e. The van der Waals surface area contributed by atoms with E-state index in [0.29, 0.717) is 43.7 Å². The van der Waals surface area contributed by atoms with E-state index in [1.165, 1.54) is 11.1 Å². The molecule has 6 heteroatoms. The van der Waals surface area contributed by atoms with Crippen molar-refractivity contribution < 1.29 is 14.6 Å². The van der Waals surface area contributed by atoms with Gasteiger partial charge in [-0.05, 0) is 58.6 Å². The molecule has 2 unspecified atom stereocenters. The Morgan fingerprint density at radius 2 is 1.39 bits per heavy atom. The van der Waals surface area contributed by atoms with Crippen LogP contribution in [0.15, 0.2) is 36.4 Å². The van der Waals surface area contributed by atoms with Crippen LogP contribution in [-0.2, 0) is 4.74 Å². The molecule has 0 amide bonds. The highest BCUT2D eigenvalue weighted by atomic mass is 16.5. The van der Waals surface area contributed by atoms with Crippen LogP contribution in [0.5, 0.6) is 6.01 Å². The molecule has 0 bridgehead atoms. The van der Waals surface area contributed by atoms with E-state index in [4.69, 9.17) is 14.5 Å². The molecule has 194 valence electrons. The van der Waals surface area contributed by atoms with Crippen LogP contribution < -0.4 is 4.74 Å². The summed E-state index contributed by atoms with van der Waals surface area (Å²) in [5, 5.41) is 9.76. The smallest absolute Gasteiger partial charge is 0.320 e. The number of hydrogen-bond donors (Lipinski definition) is 1. The molecule has 36 heavy (non-hydrogen) atoms. The standard InChI is InChI=1S/C30H41N3O3/c1-7-8-10-25(19-24(6)34)35-15-9-16-36-30-32-28(26-13-11-20(2)17-22(26)4)31-29(33-30)27-14-12-21(3)18-23(27)5/h11-14,17-18,24-25,34H,7-10,15-16,19H2,1-6H3. The number of nitrogens with zero attached hydrogens (tertiary/aromatic N) is 3. The summed E-state index contributed by atoms with van der Waals surface area (Å²) in [5.74, 6) is 1.22. The highest BCUT2D eigenvalue weighted by molar-refractivity contribution is 5.66. The zero-order chi connectivity index (χ0) is 26.1. The fourth-order valence-corrected chi connectivity index (χ4v) is 4.34. The molecule has 0 saturated carbocycles. The van der Waals surface area contributed by atoms with E-state index in [1.54, 1.807) is 0 Å². The van der Waals surface area contributed by atoms with Gasteiger partial charge in [0.1, 0.15) is 0 Å². The number of ether oxygens (including phenoxy) is 2. The molecule has 0 spiro atoms. The van der Waals surface area contributed by atoms with Crippen LogP contribution in [0.1, 0.15) is 68.2 Å². The minimum atomic E-state index is -0.361. The fraction of sp³-hybridized carbons (Fsp3) is 0.500. The van der Waals surface area contributed by atoms with Gasteiger partial charge < -0.3 is 14.6 Å². The van der Waals surface area contributed by atoms with Gasteiger partial charge in [0.05, 0.1) is 25.4 Å². The molecule has 2 aromatic carbocycles. The second kappa shape index (κ2) is 13.5. The zero-order valence-corrected chi connectivity index (χ0v) is 22.7. The number of aliphatic hydroxyl groups is 1. The molecule has 0 aliphatic carbocycles. The minimum absolute atomic E-state index is 0.0781. The Morgan fingerprint density at radius 1 is 0.806 bits per heavy atom. The third-order valence-electron chi connectivity index (χ3n) is 6.22. The van der Waals surface area contributed by atoms with Gasteiger partial charge in [-0.3, -0.25) is 0 Å². The predicted molar refractivity (Wildman–Crippen MR) is 145 cm³/mol. The first-order chi connectivity index (χ1) is 17.3. The Hall–Kier alpha value is -2.83. The van der Waals surface area contributed by atoms with Crippen LogP contribution in [0.2, 0.25) is 0 Å². The predicted octanol–water partition coefficient (Wildman–Crippen LogP) is 6.55. The summed E-state index contributed by atoms with van der Waals surface area (Å²) in [5.41, 5.74) is 6.57. The van der Waals surface area contributed by atoms with E-state index in [1.807, 2.05) is 6.92 Å². The van der Waals surface area contributed by atoms with Crippen LogP contribution in [-0.4, -0.2) is 45.5 Å². The van der Waals surface area contributed by atoms with Gasteiger partial charge >= 0.3 is 6.01 Å². The second-order valence-corrected chi connectivity index (χ2v) is 9.82. The van der Waals surface area contributed by atoms with Gasteiger partial charge in [0.25, 0.3) is 0 Å². The maximum Gasteiger partial charge on any atom is 0.320 e. The van der Waals surface area contributed by atoms with Crippen molar-refractivity contribution in [3.05, 3.63) is 58.7 Å². The Labute approximate surface area is 216 Å². The van der Waals surface area contributed by atoms with Crippen LogP contribution in [0.25, 0.3) is 22.8 Å². The Bertz CT molecular complexity index is 1060. The molecule has 2 atom stereocenters. The molecule has 1 aromatic heterocycles. The van der Waals surface area contributed by atoms with Crippen molar-refractivity contribution in [3.63, 3.8) is 0 Å². The maximum atomic E-state index is 9.76. The first-order valence-electron chi connectivity index (χ1n) is 13.1. The Balaban J connectivity index is 1.76. The average molecular weight is 492 g/mol. The lowest BCUT2D eigenvalue weighted by molar-refractivity contribution is 0.00736. The summed E-state index contributed by atoms with van der Waals surface area (Å²) < 4.78 is 12.0. The quantitative estimate of drug-likeness (QED) is 0.273. The lowest BCUT2D eigenvalue weighted by Gasteiger charge is -2.19. The van der Waals surface area contributed by atoms with Crippen molar-refractivity contribution in [3.8, 4) is 28.8 Å². The molecule has 0 fully saturated rings. The lowest BCUT2D eigenvalue weighted by Crippen LogP contribution is -2.20. The Morgan fingerprint density at radius 3 is 1.89 bits per heavy atom. The van der Waals surface area contributed by atoms with Gasteiger partial charge in [0, 0.05) is 17.5 Å². The normalized spacial score (nSPS) is 13.0. The summed E-state index contributed by atoms with van der Waals surface area (Å²) in [6.07, 6.45) is 4.28. The summed E-state index contributed by atoms with van der Waals surface area (Å²) in [6.45, 7) is 13.3. The maximum absolute atomic E-state index is 9.76. The molecule has 6 nitrogen and oxygen atoms in total. The van der Waals surface area contributed by atoms with E-state index >= 15 is 0 Å². The molecule has 0 aliphatic rings. The molecular weight excluding hydrogens is 450 g/mol. The molecule has 1 heterocycles. The van der Waals surface area contributed by atoms with Gasteiger partial charge in [-0.1, -0.05) is 67.3 Å². The van der Waals surface area contributed by atoms with E-state index < -0.39 is 0 Å². The van der Waals surface area contributed by atoms with Crippen LogP contribution >= 0.6 is 0 Å². The third-order valence-corrected chi connectivity index (χ3v) is 6.22. The number of aliphatic hydroxyl groups excluding tert-OH is 1. The summed E-state index contributed by atoms with van der Waals surface area (Å²) in [6, 6.07) is 12.9. The third kappa shape index (κ3) is 8.10. The molecular formula is C30H41N3O3. The van der Waals surface area contributed by atoms with Gasteiger partial charge in [-0.2, -0.15) is 9.97 Å². The second-order valence-electron chi connectivity index (χ2n) is 9.82. The molecule has 3 rings (SSSR count). The van der Waals surface area contributed by atoms with Gasteiger partial charge in [0.15, 0.2) is 11.6 Å². The SMILES string of the molecule is CCCCC(CC(C)O)OCCCOc1nc(-c2ccc(C)cc2C)nc(-c2ccc(C)cc2C)n1. The Kier molecular flexibility index (Phi) is 10.4. The molecule has 3 aromatic rings. The molecule has 0 radical (unpaired) electrons. The number of aryl methyl sites for hydroxylation is 4. The highest BCUT2D eigenvalue weighted by Gasteiger charge is 2.15. The average Bonchev–Trinajstić information content (AvgIpc) is 2.81. The zero-order valence-electron chi connectivity index (χ0n) is 22.7. The van der Waals surface area contributed by atoms with E-state index in [-0.39, 0.29) is 12.2 Å². The van der Waals surface area contributed by atoms with Crippen molar-refractivity contribution in [1.82, 2.24) is 15.0 Å². The van der Waals surface area contributed by atoms with Crippen molar-refractivity contribution in [1.29, 1.82) is 0 Å². The van der Waals surface area contributed by atoms with Crippen molar-refractivity contribution >= 4 is 0 Å². The summed E-state index contributed by atoms with van der Waals surface area (Å²) >= 11 is 0. The first kappa shape index (κ1) is 27.8. The summed E-state index contributed by atoms with van der Waals surface area (Å²) in [7, 11) is 0. The van der Waals surface area contributed by atoms with Crippen molar-refractivity contribution in [2.24, 2.45) is 0 Å². The first-order valence-corrected chi connectivity index (χ1v) is 13.1. The number of aromatic nitrogens is 3. The van der Waals surface area contributed by atoms with Crippen LogP contribution in [0, 0.1) is 27.7 Å². The number of rotatable bonds is 13. The molecule has 0 saturated heterocycles. The van der Waals surface area contributed by atoms with Crippen LogP contribution in [0.3, 0.4) is 0 Å². The number of benzene rings is 2. The van der Waals surface area contributed by atoms with Crippen molar-refractivity contribution in [2.75, 3.05) is 13.2 Å². The molecule has 0 aliphatic heterocycles. The van der Waals surface area contributed by atoms with Crippen LogP contribution in [0.4, 0.5) is 0 Å². The van der Waals surface area contributed by atoms with E-state index in [2.05, 4.69) is 81.0 Å². The van der Waals surface area contributed by atoms with Gasteiger partial charge in [0.2, 0.25) is 0 Å². The van der Waals surface area contributed by atoms with E-state index in [0.717, 1.165) is 41.5 Å². The van der Waals surface area contributed by atoms with Gasteiger partial charge in [-0.25, -0.2) is 4.98 Å². The van der Waals surface area contributed by atoms with E-state index in [9.17, 15) is 5.11 Å². The largest absolute Gasteiger partial charge is 0.463 e. The highest BCUT2D eigenvalue weighted by Crippen LogP contribution is 2.27. The topological polar surface area (TPSA) is 77.4 Å². The van der Waals surface area contributed by atoms with Crippen molar-refractivity contribution in [2.45, 2.75) is 85.9 Å². The number of hydrogen-bond acceptors (Lipinski definition) is 6. The fourth-order valence-electron chi connectivity index (χ4n) is 4.34. The van der Waals surface area contributed by atoms with Gasteiger partial charge in [-0.15, -0.1) is 0 Å². The molecule has 1 N–H and O–H groups in total. The lowest BCUT2D eigenvalue weighted by atomic mass is 10.0.